The summed E-state index contributed by atoms with van der Waals surface area (Å²) in [5, 5.41) is 0. The lowest BCUT2D eigenvalue weighted by Crippen LogP contribution is -2.44. The number of hydrogen-bond acceptors (Lipinski definition) is 0. The molecule has 0 heteroatoms. The molecule has 0 radical (unpaired) electrons. The minimum Gasteiger partial charge on any atom is -0.0651 e. The van der Waals surface area contributed by atoms with E-state index in [1.165, 1.54) is 6.42 Å². The summed E-state index contributed by atoms with van der Waals surface area (Å²) in [5.74, 6) is 5.99. The van der Waals surface area contributed by atoms with Gasteiger partial charge in [0.05, 0.1) is 0 Å². The predicted octanol–water partition coefficient (Wildman–Crippen LogP) is 5.38. The van der Waals surface area contributed by atoms with Gasteiger partial charge in [-0.25, -0.2) is 0 Å². The van der Waals surface area contributed by atoms with Gasteiger partial charge in [-0.2, -0.15) is 0 Å². The molecule has 0 heterocycles. The van der Waals surface area contributed by atoms with Gasteiger partial charge in [-0.15, -0.1) is 0 Å². The molecule has 5 unspecified atom stereocenters. The Morgan fingerprint density at radius 3 is 2.44 bits per heavy atom. The Labute approximate surface area is 114 Å². The van der Waals surface area contributed by atoms with E-state index in [1.54, 1.807) is 19.3 Å². The van der Waals surface area contributed by atoms with E-state index in [9.17, 15) is 0 Å². The van der Waals surface area contributed by atoms with Crippen LogP contribution in [0.15, 0.2) is 0 Å². The third-order valence-electron chi connectivity index (χ3n) is 8.32. The first-order chi connectivity index (χ1) is 8.35. The third kappa shape index (κ3) is 1.28. The van der Waals surface area contributed by atoms with Crippen LogP contribution in [0, 0.1) is 46.3 Å². The number of hydrogen-bond donors (Lipinski definition) is 0. The van der Waals surface area contributed by atoms with Crippen LogP contribution in [-0.2, 0) is 0 Å². The van der Waals surface area contributed by atoms with Crippen LogP contribution in [0.4, 0.5) is 0 Å². The second-order valence-electron chi connectivity index (χ2n) is 8.59. The fourth-order valence-corrected chi connectivity index (χ4v) is 6.50. The van der Waals surface area contributed by atoms with Crippen molar-refractivity contribution in [1.82, 2.24) is 0 Å². The van der Waals surface area contributed by atoms with Crippen molar-refractivity contribution in [2.24, 2.45) is 46.3 Å². The maximum atomic E-state index is 2.59. The molecule has 3 aliphatic carbocycles. The van der Waals surface area contributed by atoms with Gasteiger partial charge in [0.1, 0.15) is 0 Å². The van der Waals surface area contributed by atoms with Gasteiger partial charge in [-0.05, 0) is 65.6 Å². The van der Waals surface area contributed by atoms with Crippen molar-refractivity contribution in [2.45, 2.75) is 67.2 Å². The zero-order chi connectivity index (χ0) is 13.3. The molecule has 3 aliphatic rings. The standard InChI is InChI=1S/C18H32/c1-7-11(2)14-8-16-12(3)15-10-18(16,9-14)17(5,6)13(15)4/h11-16H,7-10H2,1-6H3/t11?,12?,13-,14+,15?,16?,18?/m1/s1. The molecular formula is C18H32. The SMILES string of the molecule is CCC(C)[C@H]1CC2C(C)C3CC2(C1)C(C)(C)[C@@H]3C. The van der Waals surface area contributed by atoms with Crippen LogP contribution in [0.1, 0.15) is 67.2 Å². The van der Waals surface area contributed by atoms with Crippen LogP contribution in [0.2, 0.25) is 0 Å². The molecule has 0 nitrogen and oxygen atoms in total. The Kier molecular flexibility index (Phi) is 2.72. The lowest BCUT2D eigenvalue weighted by Gasteiger charge is -2.49. The first-order valence-electron chi connectivity index (χ1n) is 8.35. The smallest absolute Gasteiger partial charge is 0.0207 e. The zero-order valence-electron chi connectivity index (χ0n) is 13.3. The van der Waals surface area contributed by atoms with Gasteiger partial charge in [0, 0.05) is 0 Å². The molecule has 0 aromatic rings. The van der Waals surface area contributed by atoms with E-state index in [4.69, 9.17) is 0 Å². The average molecular weight is 248 g/mol. The second kappa shape index (κ2) is 3.76. The first-order valence-corrected chi connectivity index (χ1v) is 8.35. The summed E-state index contributed by atoms with van der Waals surface area (Å²) >= 11 is 0. The summed E-state index contributed by atoms with van der Waals surface area (Å²) in [6, 6.07) is 0. The van der Waals surface area contributed by atoms with E-state index in [0.717, 1.165) is 35.5 Å². The fourth-order valence-electron chi connectivity index (χ4n) is 6.50. The zero-order valence-corrected chi connectivity index (χ0v) is 13.3. The van der Waals surface area contributed by atoms with Crippen LogP contribution in [-0.4, -0.2) is 0 Å². The van der Waals surface area contributed by atoms with E-state index in [-0.39, 0.29) is 0 Å². The third-order valence-corrected chi connectivity index (χ3v) is 8.32. The Hall–Kier alpha value is 0. The van der Waals surface area contributed by atoms with E-state index in [1.807, 2.05) is 0 Å². The Morgan fingerprint density at radius 2 is 1.83 bits per heavy atom. The largest absolute Gasteiger partial charge is 0.0651 e. The topological polar surface area (TPSA) is 0 Å². The highest BCUT2D eigenvalue weighted by atomic mass is 14.7. The van der Waals surface area contributed by atoms with Crippen LogP contribution in [0.3, 0.4) is 0 Å². The van der Waals surface area contributed by atoms with Gasteiger partial charge in [0.25, 0.3) is 0 Å². The van der Waals surface area contributed by atoms with Gasteiger partial charge >= 0.3 is 0 Å². The van der Waals surface area contributed by atoms with Gasteiger partial charge in [0.2, 0.25) is 0 Å². The lowest BCUT2D eigenvalue weighted by atomic mass is 9.55. The van der Waals surface area contributed by atoms with Crippen molar-refractivity contribution in [2.75, 3.05) is 0 Å². The van der Waals surface area contributed by atoms with E-state index in [0.29, 0.717) is 10.8 Å². The molecule has 0 aromatic carbocycles. The van der Waals surface area contributed by atoms with Crippen molar-refractivity contribution in [3.8, 4) is 0 Å². The molecule has 3 saturated carbocycles. The summed E-state index contributed by atoms with van der Waals surface area (Å²) in [6.45, 7) is 15.2. The normalized spacial score (nSPS) is 54.7. The molecule has 104 valence electrons. The fraction of sp³-hybridized carbons (Fsp3) is 1.00. The van der Waals surface area contributed by atoms with E-state index in [2.05, 4.69) is 41.5 Å². The van der Waals surface area contributed by atoms with Gasteiger partial charge < -0.3 is 0 Å². The summed E-state index contributed by atoms with van der Waals surface area (Å²) < 4.78 is 0. The molecule has 3 fully saturated rings. The monoisotopic (exact) mass is 248 g/mol. The van der Waals surface area contributed by atoms with Gasteiger partial charge in [0.15, 0.2) is 0 Å². The molecule has 3 rings (SSSR count). The minimum absolute atomic E-state index is 0.594. The Balaban J connectivity index is 1.94. The van der Waals surface area contributed by atoms with Gasteiger partial charge in [-0.3, -0.25) is 0 Å². The van der Waals surface area contributed by atoms with Crippen LogP contribution >= 0.6 is 0 Å². The maximum Gasteiger partial charge on any atom is -0.0207 e. The molecule has 7 atom stereocenters. The lowest BCUT2D eigenvalue weighted by molar-refractivity contribution is -0.0148. The molecule has 0 N–H and O–H groups in total. The highest BCUT2D eigenvalue weighted by Gasteiger charge is 2.70. The summed E-state index contributed by atoms with van der Waals surface area (Å²) in [5.41, 5.74) is 1.31. The van der Waals surface area contributed by atoms with Crippen LogP contribution in [0.5, 0.6) is 0 Å². The summed E-state index contributed by atoms with van der Waals surface area (Å²) in [7, 11) is 0. The first kappa shape index (κ1) is 13.0. The Morgan fingerprint density at radius 1 is 1.17 bits per heavy atom. The number of fused-ring (bicyclic) bond motifs is 1. The second-order valence-corrected chi connectivity index (χ2v) is 8.59. The quantitative estimate of drug-likeness (QED) is 0.615. The predicted molar refractivity (Wildman–Crippen MR) is 78.3 cm³/mol. The van der Waals surface area contributed by atoms with Crippen molar-refractivity contribution in [3.05, 3.63) is 0 Å². The van der Waals surface area contributed by atoms with Gasteiger partial charge in [-0.1, -0.05) is 48.0 Å². The molecule has 2 bridgehead atoms. The highest BCUT2D eigenvalue weighted by molar-refractivity contribution is 5.18. The van der Waals surface area contributed by atoms with Crippen molar-refractivity contribution < 1.29 is 0 Å². The Bertz CT molecular complexity index is 342. The maximum absolute atomic E-state index is 2.59. The van der Waals surface area contributed by atoms with Crippen LogP contribution in [0.25, 0.3) is 0 Å². The molecular weight excluding hydrogens is 216 g/mol. The summed E-state index contributed by atoms with van der Waals surface area (Å²) in [6.07, 6.45) is 6.02. The molecule has 1 spiro atoms. The highest BCUT2D eigenvalue weighted by Crippen LogP contribution is 2.77. The van der Waals surface area contributed by atoms with E-state index < -0.39 is 0 Å². The number of rotatable bonds is 2. The van der Waals surface area contributed by atoms with E-state index >= 15 is 0 Å². The minimum atomic E-state index is 0.594. The molecule has 0 saturated heterocycles. The molecule has 0 aliphatic heterocycles. The van der Waals surface area contributed by atoms with Crippen LogP contribution < -0.4 is 0 Å². The molecule has 0 amide bonds. The van der Waals surface area contributed by atoms with Crippen molar-refractivity contribution >= 4 is 0 Å². The summed E-state index contributed by atoms with van der Waals surface area (Å²) in [4.78, 5) is 0. The van der Waals surface area contributed by atoms with Crippen molar-refractivity contribution in [1.29, 1.82) is 0 Å². The molecule has 18 heavy (non-hydrogen) atoms. The average Bonchev–Trinajstić information content (AvgIpc) is 2.89. The molecule has 0 aromatic heterocycles. The van der Waals surface area contributed by atoms with Crippen molar-refractivity contribution in [3.63, 3.8) is 0 Å².